The smallest absolute Gasteiger partial charge is 0.219 e. The lowest BCUT2D eigenvalue weighted by molar-refractivity contribution is -0.130. The molecule has 1 N–H and O–H groups in total. The van der Waals surface area contributed by atoms with Crippen molar-refractivity contribution >= 4 is 5.91 Å². The van der Waals surface area contributed by atoms with E-state index in [2.05, 4.69) is 20.2 Å². The third kappa shape index (κ3) is 3.00. The van der Waals surface area contributed by atoms with E-state index in [1.165, 1.54) is 0 Å². The molecular formula is C16H21N5O. The van der Waals surface area contributed by atoms with Crippen molar-refractivity contribution < 1.29 is 4.79 Å². The first kappa shape index (κ1) is 14.7. The molecule has 0 aliphatic carbocycles. The number of nitrogens with one attached hydrogen (secondary N) is 1. The van der Waals surface area contributed by atoms with Crippen molar-refractivity contribution in [1.82, 2.24) is 25.1 Å². The summed E-state index contributed by atoms with van der Waals surface area (Å²) in [4.78, 5) is 22.5. The second kappa shape index (κ2) is 6.25. The van der Waals surface area contributed by atoms with E-state index in [1.54, 1.807) is 25.5 Å². The molecule has 3 heterocycles. The number of likely N-dealkylation sites (tertiary alicyclic amines) is 1. The number of nitrogens with zero attached hydrogens (tertiary/aromatic N) is 4. The van der Waals surface area contributed by atoms with Gasteiger partial charge >= 0.3 is 0 Å². The van der Waals surface area contributed by atoms with Crippen LogP contribution in [0.25, 0.3) is 11.3 Å². The van der Waals surface area contributed by atoms with E-state index in [1.807, 2.05) is 11.8 Å². The molecule has 1 saturated heterocycles. The molecule has 116 valence electrons. The molecule has 0 saturated carbocycles. The summed E-state index contributed by atoms with van der Waals surface area (Å²) in [6.07, 6.45) is 8.28. The maximum absolute atomic E-state index is 11.6. The van der Waals surface area contributed by atoms with Crippen LogP contribution in [0.1, 0.15) is 31.2 Å². The molecule has 2 aromatic rings. The zero-order valence-corrected chi connectivity index (χ0v) is 13.0. The Balaban J connectivity index is 1.81. The Morgan fingerprint density at radius 3 is 2.95 bits per heavy atom. The van der Waals surface area contributed by atoms with Gasteiger partial charge in [0, 0.05) is 43.7 Å². The van der Waals surface area contributed by atoms with Crippen molar-refractivity contribution in [1.29, 1.82) is 0 Å². The summed E-state index contributed by atoms with van der Waals surface area (Å²) in [5.41, 5.74) is 3.88. The minimum atomic E-state index is 0.162. The van der Waals surface area contributed by atoms with E-state index in [4.69, 9.17) is 0 Å². The fourth-order valence-electron chi connectivity index (χ4n) is 3.12. The van der Waals surface area contributed by atoms with Gasteiger partial charge in [0.2, 0.25) is 5.91 Å². The number of rotatable bonds is 3. The third-order valence-corrected chi connectivity index (χ3v) is 4.31. The normalized spacial score (nSPS) is 18.5. The van der Waals surface area contributed by atoms with Crippen LogP contribution in [-0.4, -0.2) is 44.1 Å². The monoisotopic (exact) mass is 299 g/mol. The summed E-state index contributed by atoms with van der Waals surface area (Å²) >= 11 is 0. The molecule has 2 aromatic heterocycles. The van der Waals surface area contributed by atoms with Gasteiger partial charge in [-0.2, -0.15) is 5.10 Å². The molecule has 6 nitrogen and oxygen atoms in total. The fraction of sp³-hybridized carbons (Fsp3) is 0.500. The van der Waals surface area contributed by atoms with Crippen LogP contribution in [0.5, 0.6) is 0 Å². The van der Waals surface area contributed by atoms with Crippen LogP contribution in [0, 0.1) is 12.8 Å². The Morgan fingerprint density at radius 1 is 1.41 bits per heavy atom. The molecular weight excluding hydrogens is 278 g/mol. The van der Waals surface area contributed by atoms with Crippen LogP contribution < -0.4 is 0 Å². The molecule has 0 radical (unpaired) electrons. The minimum Gasteiger partial charge on any atom is -0.343 e. The van der Waals surface area contributed by atoms with Gasteiger partial charge in [-0.05, 0) is 32.1 Å². The molecule has 3 rings (SSSR count). The lowest BCUT2D eigenvalue weighted by atomic mass is 9.92. The van der Waals surface area contributed by atoms with E-state index >= 15 is 0 Å². The summed E-state index contributed by atoms with van der Waals surface area (Å²) in [6, 6.07) is 0. The quantitative estimate of drug-likeness (QED) is 0.940. The zero-order chi connectivity index (χ0) is 15.5. The van der Waals surface area contributed by atoms with Crippen molar-refractivity contribution in [2.75, 3.05) is 13.1 Å². The number of aryl methyl sites for hydroxylation is 1. The Hall–Kier alpha value is -2.24. The van der Waals surface area contributed by atoms with Crippen LogP contribution in [0.4, 0.5) is 0 Å². The van der Waals surface area contributed by atoms with Gasteiger partial charge in [-0.1, -0.05) is 0 Å². The van der Waals surface area contributed by atoms with Gasteiger partial charge in [-0.15, -0.1) is 0 Å². The minimum absolute atomic E-state index is 0.162. The molecule has 1 atom stereocenters. The maximum Gasteiger partial charge on any atom is 0.219 e. The van der Waals surface area contributed by atoms with Gasteiger partial charge in [-0.3, -0.25) is 19.9 Å². The van der Waals surface area contributed by atoms with E-state index < -0.39 is 0 Å². The molecule has 6 heteroatoms. The van der Waals surface area contributed by atoms with Crippen molar-refractivity contribution in [3.63, 3.8) is 0 Å². The third-order valence-electron chi connectivity index (χ3n) is 4.31. The van der Waals surface area contributed by atoms with Crippen molar-refractivity contribution in [3.8, 4) is 11.3 Å². The lowest BCUT2D eigenvalue weighted by Crippen LogP contribution is -2.39. The molecule has 1 aliphatic heterocycles. The highest BCUT2D eigenvalue weighted by Crippen LogP contribution is 2.26. The SMILES string of the molecule is CC(=O)N1CCC[C@H](Cc2nccnc2-c2cn[nH]c2C)C1. The lowest BCUT2D eigenvalue weighted by Gasteiger charge is -2.32. The second-order valence-electron chi connectivity index (χ2n) is 5.94. The Morgan fingerprint density at radius 2 is 2.23 bits per heavy atom. The van der Waals surface area contributed by atoms with Crippen molar-refractivity contribution in [3.05, 3.63) is 30.0 Å². The average molecular weight is 299 g/mol. The van der Waals surface area contributed by atoms with Gasteiger partial charge in [0.15, 0.2) is 0 Å². The van der Waals surface area contributed by atoms with Crippen LogP contribution in [0.15, 0.2) is 18.6 Å². The molecule has 0 bridgehead atoms. The topological polar surface area (TPSA) is 74.8 Å². The van der Waals surface area contributed by atoms with E-state index in [9.17, 15) is 4.79 Å². The van der Waals surface area contributed by atoms with Gasteiger partial charge in [-0.25, -0.2) is 0 Å². The highest BCUT2D eigenvalue weighted by molar-refractivity contribution is 5.73. The van der Waals surface area contributed by atoms with Gasteiger partial charge in [0.1, 0.15) is 0 Å². The Labute approximate surface area is 130 Å². The van der Waals surface area contributed by atoms with Crippen molar-refractivity contribution in [2.24, 2.45) is 5.92 Å². The number of hydrogen-bond donors (Lipinski definition) is 1. The first-order valence-corrected chi connectivity index (χ1v) is 7.71. The van der Waals surface area contributed by atoms with Crippen molar-refractivity contribution in [2.45, 2.75) is 33.1 Å². The number of carbonyl (C=O) groups is 1. The summed E-state index contributed by atoms with van der Waals surface area (Å²) in [5.74, 6) is 0.607. The molecule has 0 unspecified atom stereocenters. The van der Waals surface area contributed by atoms with Crippen LogP contribution in [0.3, 0.4) is 0 Å². The van der Waals surface area contributed by atoms with Gasteiger partial charge < -0.3 is 4.90 Å². The standard InChI is InChI=1S/C16H21N5O/c1-11-14(9-19-20-11)16-15(17-5-6-18-16)8-13-4-3-7-21(10-13)12(2)22/h5-6,9,13H,3-4,7-8,10H2,1-2H3,(H,19,20)/t13-/m1/s1. The molecule has 22 heavy (non-hydrogen) atoms. The Bertz CT molecular complexity index is 666. The van der Waals surface area contributed by atoms with Crippen LogP contribution in [0.2, 0.25) is 0 Å². The average Bonchev–Trinajstić information content (AvgIpc) is 2.94. The van der Waals surface area contributed by atoms with Gasteiger partial charge in [0.05, 0.1) is 17.6 Å². The predicted molar refractivity (Wildman–Crippen MR) is 83.0 cm³/mol. The van der Waals surface area contributed by atoms with E-state index in [-0.39, 0.29) is 5.91 Å². The molecule has 0 spiro atoms. The first-order valence-electron chi connectivity index (χ1n) is 7.71. The number of piperidine rings is 1. The number of carbonyl (C=O) groups excluding carboxylic acids is 1. The van der Waals surface area contributed by atoms with Gasteiger partial charge in [0.25, 0.3) is 0 Å². The summed E-state index contributed by atoms with van der Waals surface area (Å²) in [5, 5.41) is 7.02. The van der Waals surface area contributed by atoms with E-state index in [0.717, 1.165) is 55.0 Å². The van der Waals surface area contributed by atoms with Crippen LogP contribution >= 0.6 is 0 Å². The fourth-order valence-corrected chi connectivity index (χ4v) is 3.12. The van der Waals surface area contributed by atoms with Crippen LogP contribution in [-0.2, 0) is 11.2 Å². The number of H-pyrrole nitrogens is 1. The maximum atomic E-state index is 11.6. The second-order valence-corrected chi connectivity index (χ2v) is 5.94. The summed E-state index contributed by atoms with van der Waals surface area (Å²) < 4.78 is 0. The first-order chi connectivity index (χ1) is 10.6. The molecule has 1 amide bonds. The highest BCUT2D eigenvalue weighted by Gasteiger charge is 2.23. The molecule has 0 aromatic carbocycles. The summed E-state index contributed by atoms with van der Waals surface area (Å²) in [7, 11) is 0. The largest absolute Gasteiger partial charge is 0.343 e. The predicted octanol–water partition coefficient (Wildman–Crippen LogP) is 1.98. The number of hydrogen-bond acceptors (Lipinski definition) is 4. The molecule has 1 fully saturated rings. The highest BCUT2D eigenvalue weighted by atomic mass is 16.2. The molecule has 1 aliphatic rings. The van der Waals surface area contributed by atoms with E-state index in [0.29, 0.717) is 5.92 Å². The zero-order valence-electron chi connectivity index (χ0n) is 13.0. The summed E-state index contributed by atoms with van der Waals surface area (Å²) in [6.45, 7) is 5.32. The number of aromatic nitrogens is 4. The number of aromatic amines is 1. The Kier molecular flexibility index (Phi) is 4.18. The number of amides is 1.